The zero-order valence-corrected chi connectivity index (χ0v) is 11.9. The Bertz CT molecular complexity index is 572. The Hall–Kier alpha value is -2.14. The molecule has 106 valence electrons. The van der Waals surface area contributed by atoms with Crippen molar-refractivity contribution in [2.24, 2.45) is 0 Å². The molecular weight excluding hydrogens is 252 g/mol. The van der Waals surface area contributed by atoms with Gasteiger partial charge in [0.25, 0.3) is 0 Å². The lowest BCUT2D eigenvalue weighted by molar-refractivity contribution is 0.178. The van der Waals surface area contributed by atoms with Crippen LogP contribution in [-0.4, -0.2) is 23.6 Å². The summed E-state index contributed by atoms with van der Waals surface area (Å²) in [6.45, 7) is 3.28. The highest BCUT2D eigenvalue weighted by Crippen LogP contribution is 2.11. The van der Waals surface area contributed by atoms with E-state index in [1.165, 1.54) is 11.1 Å². The third kappa shape index (κ3) is 3.93. The van der Waals surface area contributed by atoms with Crippen LogP contribution in [-0.2, 0) is 17.8 Å². The van der Waals surface area contributed by atoms with Crippen LogP contribution in [0.2, 0.25) is 0 Å². The van der Waals surface area contributed by atoms with E-state index in [1.54, 1.807) is 13.2 Å². The molecule has 2 aromatic rings. The number of nitrogen functional groups attached to an aromatic ring is 1. The largest absolute Gasteiger partial charge is 0.384 e. The van der Waals surface area contributed by atoms with Gasteiger partial charge in [-0.1, -0.05) is 24.3 Å². The van der Waals surface area contributed by atoms with Crippen molar-refractivity contribution in [1.82, 2.24) is 9.97 Å². The van der Waals surface area contributed by atoms with Crippen molar-refractivity contribution >= 4 is 11.6 Å². The maximum Gasteiger partial charge on any atom is 0.158 e. The van der Waals surface area contributed by atoms with Gasteiger partial charge in [0.05, 0.1) is 0 Å². The number of nitrogens with one attached hydrogen (secondary N) is 1. The molecular formula is C15H20N4O. The number of hydrogen-bond donors (Lipinski definition) is 2. The fourth-order valence-electron chi connectivity index (χ4n) is 2.02. The van der Waals surface area contributed by atoms with Gasteiger partial charge in [-0.2, -0.15) is 0 Å². The van der Waals surface area contributed by atoms with Gasteiger partial charge in [-0.05, 0) is 24.5 Å². The van der Waals surface area contributed by atoms with Crippen molar-refractivity contribution in [2.75, 3.05) is 24.7 Å². The van der Waals surface area contributed by atoms with Gasteiger partial charge < -0.3 is 15.8 Å². The summed E-state index contributed by atoms with van der Waals surface area (Å²) >= 11 is 0. The van der Waals surface area contributed by atoms with E-state index in [9.17, 15) is 0 Å². The number of anilines is 2. The van der Waals surface area contributed by atoms with E-state index < -0.39 is 0 Å². The van der Waals surface area contributed by atoms with Gasteiger partial charge in [0.15, 0.2) is 5.82 Å². The molecule has 0 radical (unpaired) electrons. The van der Waals surface area contributed by atoms with E-state index in [-0.39, 0.29) is 0 Å². The van der Waals surface area contributed by atoms with E-state index in [1.807, 2.05) is 0 Å². The molecule has 0 fully saturated rings. The van der Waals surface area contributed by atoms with E-state index in [0.29, 0.717) is 18.2 Å². The predicted molar refractivity (Wildman–Crippen MR) is 80.5 cm³/mol. The summed E-state index contributed by atoms with van der Waals surface area (Å²) in [6, 6.07) is 10.1. The van der Waals surface area contributed by atoms with Gasteiger partial charge in [-0.25, -0.2) is 9.97 Å². The molecule has 0 aliphatic carbocycles. The fourth-order valence-corrected chi connectivity index (χ4v) is 2.02. The Morgan fingerprint density at radius 2 is 2.05 bits per heavy atom. The van der Waals surface area contributed by atoms with Gasteiger partial charge in [-0.15, -0.1) is 0 Å². The second kappa shape index (κ2) is 6.86. The minimum absolute atomic E-state index is 0.359. The number of nitrogens with zero attached hydrogens (tertiary/aromatic N) is 2. The zero-order valence-electron chi connectivity index (χ0n) is 11.9. The van der Waals surface area contributed by atoms with Crippen LogP contribution in [0.1, 0.15) is 17.0 Å². The molecule has 1 aromatic heterocycles. The Labute approximate surface area is 119 Å². The first-order valence-electron chi connectivity index (χ1n) is 6.60. The molecule has 1 aromatic carbocycles. The number of nitrogens with two attached hydrogens (primary N) is 1. The van der Waals surface area contributed by atoms with Crippen molar-refractivity contribution in [2.45, 2.75) is 20.0 Å². The SMILES string of the molecule is COCc1nc(N)cc(NCCc2ccccc2C)n1. The zero-order chi connectivity index (χ0) is 14.4. The van der Waals surface area contributed by atoms with Crippen LogP contribution in [0.4, 0.5) is 11.6 Å². The Kier molecular flexibility index (Phi) is 4.90. The number of hydrogen-bond acceptors (Lipinski definition) is 5. The lowest BCUT2D eigenvalue weighted by atomic mass is 10.1. The topological polar surface area (TPSA) is 73.1 Å². The number of ether oxygens (including phenoxy) is 1. The van der Waals surface area contributed by atoms with Crippen LogP contribution in [0.3, 0.4) is 0 Å². The van der Waals surface area contributed by atoms with Crippen molar-refractivity contribution in [3.63, 3.8) is 0 Å². The molecule has 5 heteroatoms. The third-order valence-electron chi connectivity index (χ3n) is 3.03. The monoisotopic (exact) mass is 272 g/mol. The minimum atomic E-state index is 0.359. The smallest absolute Gasteiger partial charge is 0.158 e. The number of aryl methyl sites for hydroxylation is 1. The number of methoxy groups -OCH3 is 1. The van der Waals surface area contributed by atoms with Gasteiger partial charge in [0.2, 0.25) is 0 Å². The highest BCUT2D eigenvalue weighted by molar-refractivity contribution is 5.44. The van der Waals surface area contributed by atoms with Crippen LogP contribution < -0.4 is 11.1 Å². The quantitative estimate of drug-likeness (QED) is 0.843. The Balaban J connectivity index is 1.95. The van der Waals surface area contributed by atoms with Crippen molar-refractivity contribution < 1.29 is 4.74 Å². The lowest BCUT2D eigenvalue weighted by Crippen LogP contribution is -2.10. The number of benzene rings is 1. The van der Waals surface area contributed by atoms with E-state index in [4.69, 9.17) is 10.5 Å². The van der Waals surface area contributed by atoms with Crippen LogP contribution in [0, 0.1) is 6.92 Å². The molecule has 1 heterocycles. The maximum absolute atomic E-state index is 5.75. The summed E-state index contributed by atoms with van der Waals surface area (Å²) in [5.74, 6) is 1.77. The molecule has 0 aliphatic rings. The average Bonchev–Trinajstić information content (AvgIpc) is 2.41. The third-order valence-corrected chi connectivity index (χ3v) is 3.03. The molecule has 20 heavy (non-hydrogen) atoms. The van der Waals surface area contributed by atoms with Gasteiger partial charge in [-0.3, -0.25) is 0 Å². The standard InChI is InChI=1S/C15H20N4O/c1-11-5-3-4-6-12(11)7-8-17-14-9-13(16)18-15(19-14)10-20-2/h3-6,9H,7-8,10H2,1-2H3,(H3,16,17,18,19). The van der Waals surface area contributed by atoms with Crippen LogP contribution >= 0.6 is 0 Å². The van der Waals surface area contributed by atoms with Crippen molar-refractivity contribution in [3.8, 4) is 0 Å². The maximum atomic E-state index is 5.75. The van der Waals surface area contributed by atoms with Gasteiger partial charge in [0, 0.05) is 19.7 Å². The molecule has 0 saturated heterocycles. The van der Waals surface area contributed by atoms with E-state index >= 15 is 0 Å². The average molecular weight is 272 g/mol. The van der Waals surface area contributed by atoms with Gasteiger partial charge in [0.1, 0.15) is 18.2 Å². The first kappa shape index (κ1) is 14.3. The van der Waals surface area contributed by atoms with E-state index in [0.717, 1.165) is 18.8 Å². The molecule has 0 atom stereocenters. The first-order chi connectivity index (χ1) is 9.69. The molecule has 2 rings (SSSR count). The highest BCUT2D eigenvalue weighted by atomic mass is 16.5. The normalized spacial score (nSPS) is 10.5. The Morgan fingerprint density at radius 1 is 1.25 bits per heavy atom. The van der Waals surface area contributed by atoms with Crippen molar-refractivity contribution in [1.29, 1.82) is 0 Å². The minimum Gasteiger partial charge on any atom is -0.384 e. The molecule has 0 aliphatic heterocycles. The summed E-state index contributed by atoms with van der Waals surface area (Å²) in [7, 11) is 1.61. The second-order valence-corrected chi connectivity index (χ2v) is 4.63. The molecule has 0 spiro atoms. The lowest BCUT2D eigenvalue weighted by Gasteiger charge is -2.09. The molecule has 0 amide bonds. The van der Waals surface area contributed by atoms with Crippen molar-refractivity contribution in [3.05, 3.63) is 47.3 Å². The number of rotatable bonds is 6. The predicted octanol–water partition coefficient (Wildman–Crippen LogP) is 2.17. The van der Waals surface area contributed by atoms with Gasteiger partial charge >= 0.3 is 0 Å². The molecule has 3 N–H and O–H groups in total. The number of aromatic nitrogens is 2. The summed E-state index contributed by atoms with van der Waals surface area (Å²) in [6.07, 6.45) is 0.941. The van der Waals surface area contributed by atoms with E-state index in [2.05, 4.69) is 46.5 Å². The summed E-state index contributed by atoms with van der Waals surface area (Å²) in [5.41, 5.74) is 8.38. The molecule has 5 nitrogen and oxygen atoms in total. The molecule has 0 saturated carbocycles. The molecule has 0 bridgehead atoms. The first-order valence-corrected chi connectivity index (χ1v) is 6.60. The van der Waals surface area contributed by atoms with Crippen LogP contribution in [0.5, 0.6) is 0 Å². The second-order valence-electron chi connectivity index (χ2n) is 4.63. The van der Waals surface area contributed by atoms with Crippen LogP contribution in [0.15, 0.2) is 30.3 Å². The highest BCUT2D eigenvalue weighted by Gasteiger charge is 2.03. The summed E-state index contributed by atoms with van der Waals surface area (Å²) < 4.78 is 5.02. The Morgan fingerprint density at radius 3 is 2.80 bits per heavy atom. The summed E-state index contributed by atoms with van der Waals surface area (Å²) in [5, 5.41) is 3.27. The molecule has 0 unspecified atom stereocenters. The van der Waals surface area contributed by atoms with Crippen LogP contribution in [0.25, 0.3) is 0 Å². The summed E-state index contributed by atoms with van der Waals surface area (Å²) in [4.78, 5) is 8.46. The fraction of sp³-hybridized carbons (Fsp3) is 0.333.